The number of carbonyl (C=O) groups excluding carboxylic acids is 1. The van der Waals surface area contributed by atoms with Gasteiger partial charge in [-0.15, -0.1) is 0 Å². The Kier molecular flexibility index (Phi) is 5.21. The van der Waals surface area contributed by atoms with Crippen LogP contribution in [0.2, 0.25) is 10.0 Å². The second-order valence-corrected chi connectivity index (χ2v) is 4.66. The summed E-state index contributed by atoms with van der Waals surface area (Å²) in [6.45, 7) is -0.411. The van der Waals surface area contributed by atoms with Crippen LogP contribution < -0.4 is 5.32 Å². The van der Waals surface area contributed by atoms with Crippen molar-refractivity contribution in [1.82, 2.24) is 5.32 Å². The van der Waals surface area contributed by atoms with Crippen molar-refractivity contribution in [3.05, 3.63) is 33.8 Å². The summed E-state index contributed by atoms with van der Waals surface area (Å²) in [6.07, 6.45) is -5.93. The number of carbonyl (C=O) groups is 1. The lowest BCUT2D eigenvalue weighted by atomic mass is 10.1. The molecule has 0 fully saturated rings. The molecule has 0 saturated carbocycles. The number of halogens is 7. The van der Waals surface area contributed by atoms with E-state index >= 15 is 0 Å². The number of hydrogen-bond acceptors (Lipinski definition) is 1. The number of hydrogen-bond donors (Lipinski definition) is 1. The molecule has 20 heavy (non-hydrogen) atoms. The first-order chi connectivity index (χ1) is 9.05. The second kappa shape index (κ2) is 6.13. The summed E-state index contributed by atoms with van der Waals surface area (Å²) < 4.78 is 60.9. The maximum atomic E-state index is 12.6. The zero-order valence-corrected chi connectivity index (χ0v) is 11.2. The molecule has 0 unspecified atom stereocenters. The average Bonchev–Trinajstić information content (AvgIpc) is 2.30. The van der Waals surface area contributed by atoms with Crippen LogP contribution in [0.25, 0.3) is 0 Å². The summed E-state index contributed by atoms with van der Waals surface area (Å²) in [5, 5.41) is 2.10. The van der Waals surface area contributed by atoms with Crippen LogP contribution in [-0.2, 0) is 11.2 Å². The van der Waals surface area contributed by atoms with Crippen LogP contribution in [0.4, 0.5) is 22.0 Å². The van der Waals surface area contributed by atoms with Crippen molar-refractivity contribution in [3.63, 3.8) is 0 Å². The molecular weight excluding hydrogens is 328 g/mol. The van der Waals surface area contributed by atoms with Crippen LogP contribution in [-0.4, -0.2) is 24.6 Å². The molecule has 1 rings (SSSR count). The second-order valence-electron chi connectivity index (χ2n) is 3.81. The highest BCUT2D eigenvalue weighted by Crippen LogP contribution is 2.35. The van der Waals surface area contributed by atoms with Gasteiger partial charge in [-0.2, -0.15) is 22.0 Å². The van der Waals surface area contributed by atoms with Crippen LogP contribution in [0, 0.1) is 0 Å². The van der Waals surface area contributed by atoms with Gasteiger partial charge >= 0.3 is 12.1 Å². The topological polar surface area (TPSA) is 29.1 Å². The van der Waals surface area contributed by atoms with Crippen molar-refractivity contribution in [3.8, 4) is 0 Å². The Labute approximate surface area is 120 Å². The maximum absolute atomic E-state index is 12.6. The quantitative estimate of drug-likeness (QED) is 0.832. The maximum Gasteiger partial charge on any atom is 0.463 e. The Morgan fingerprint density at radius 3 is 2.25 bits per heavy atom. The zero-order valence-electron chi connectivity index (χ0n) is 9.70. The van der Waals surface area contributed by atoms with E-state index in [1.807, 2.05) is 0 Å². The van der Waals surface area contributed by atoms with Gasteiger partial charge in [0.05, 0.1) is 0 Å². The Bertz CT molecular complexity index is 504. The molecule has 0 aliphatic heterocycles. The third-order valence-corrected chi connectivity index (χ3v) is 2.92. The van der Waals surface area contributed by atoms with Gasteiger partial charge in [0.15, 0.2) is 0 Å². The molecule has 0 radical (unpaired) electrons. The minimum atomic E-state index is -5.92. The van der Waals surface area contributed by atoms with E-state index in [-0.39, 0.29) is 11.4 Å². The molecule has 1 N–H and O–H groups in total. The molecular formula is C11H8Cl2F5NO. The van der Waals surface area contributed by atoms with E-state index in [1.165, 1.54) is 23.5 Å². The van der Waals surface area contributed by atoms with E-state index in [0.29, 0.717) is 10.6 Å². The minimum absolute atomic E-state index is 0.00429. The van der Waals surface area contributed by atoms with E-state index in [9.17, 15) is 26.7 Å². The fourth-order valence-corrected chi connectivity index (χ4v) is 1.78. The van der Waals surface area contributed by atoms with Gasteiger partial charge in [-0.3, -0.25) is 4.79 Å². The molecule has 112 valence electrons. The van der Waals surface area contributed by atoms with E-state index in [2.05, 4.69) is 0 Å². The number of rotatable bonds is 4. The summed E-state index contributed by atoms with van der Waals surface area (Å²) in [5.41, 5.74) is 0.465. The molecule has 0 spiro atoms. The van der Waals surface area contributed by atoms with E-state index < -0.39 is 24.6 Å². The van der Waals surface area contributed by atoms with Crippen molar-refractivity contribution in [1.29, 1.82) is 0 Å². The SMILES string of the molecule is O=C(NCCc1ccc(Cl)cc1Cl)C(F)(F)C(F)(F)F. The molecule has 0 saturated heterocycles. The molecule has 0 aromatic heterocycles. The molecule has 1 amide bonds. The normalized spacial score (nSPS) is 12.3. The summed E-state index contributed by atoms with van der Waals surface area (Å²) in [4.78, 5) is 10.8. The zero-order chi connectivity index (χ0) is 15.6. The molecule has 0 aliphatic rings. The minimum Gasteiger partial charge on any atom is -0.350 e. The summed E-state index contributed by atoms with van der Waals surface area (Å²) in [6, 6.07) is 4.36. The van der Waals surface area contributed by atoms with E-state index in [0.717, 1.165) is 0 Å². The van der Waals surface area contributed by atoms with Crippen molar-refractivity contribution in [2.45, 2.75) is 18.5 Å². The Morgan fingerprint density at radius 2 is 1.75 bits per heavy atom. The summed E-state index contributed by atoms with van der Waals surface area (Å²) >= 11 is 11.4. The number of alkyl halides is 5. The van der Waals surface area contributed by atoms with Gasteiger partial charge in [-0.1, -0.05) is 29.3 Å². The Balaban J connectivity index is 2.59. The van der Waals surface area contributed by atoms with Crippen molar-refractivity contribution in [2.75, 3.05) is 6.54 Å². The first-order valence-electron chi connectivity index (χ1n) is 5.22. The average molecular weight is 336 g/mol. The third-order valence-electron chi connectivity index (χ3n) is 2.34. The first-order valence-corrected chi connectivity index (χ1v) is 5.98. The molecule has 0 atom stereocenters. The summed E-state index contributed by atoms with van der Waals surface area (Å²) in [7, 11) is 0. The van der Waals surface area contributed by atoms with E-state index in [1.54, 1.807) is 0 Å². The van der Waals surface area contributed by atoms with Crippen molar-refractivity contribution in [2.24, 2.45) is 0 Å². The van der Waals surface area contributed by atoms with Crippen LogP contribution in [0.1, 0.15) is 5.56 Å². The fourth-order valence-electron chi connectivity index (χ4n) is 1.27. The fraction of sp³-hybridized carbons (Fsp3) is 0.364. The summed E-state index contributed by atoms with van der Waals surface area (Å²) in [5.74, 6) is -7.81. The Hall–Kier alpha value is -1.08. The Morgan fingerprint density at radius 1 is 1.15 bits per heavy atom. The predicted molar refractivity (Wildman–Crippen MR) is 64.2 cm³/mol. The van der Waals surface area contributed by atoms with Crippen LogP contribution in [0.3, 0.4) is 0 Å². The molecule has 2 nitrogen and oxygen atoms in total. The van der Waals surface area contributed by atoms with Gasteiger partial charge in [0, 0.05) is 16.6 Å². The first kappa shape index (κ1) is 17.0. The molecule has 0 aliphatic carbocycles. The smallest absolute Gasteiger partial charge is 0.350 e. The van der Waals surface area contributed by atoms with E-state index in [4.69, 9.17) is 23.2 Å². The highest BCUT2D eigenvalue weighted by Gasteiger charge is 2.63. The van der Waals surface area contributed by atoms with Gasteiger partial charge in [0.1, 0.15) is 0 Å². The number of benzene rings is 1. The molecule has 0 heterocycles. The molecule has 1 aromatic rings. The number of amides is 1. The lowest BCUT2D eigenvalue weighted by molar-refractivity contribution is -0.269. The van der Waals surface area contributed by atoms with Gasteiger partial charge in [-0.05, 0) is 24.1 Å². The third kappa shape index (κ3) is 3.96. The van der Waals surface area contributed by atoms with Crippen LogP contribution >= 0.6 is 23.2 Å². The highest BCUT2D eigenvalue weighted by atomic mass is 35.5. The predicted octanol–water partition coefficient (Wildman–Crippen LogP) is 3.85. The molecule has 9 heteroatoms. The largest absolute Gasteiger partial charge is 0.463 e. The standard InChI is InChI=1S/C11H8Cl2F5NO/c12-7-2-1-6(8(13)5-7)3-4-19-9(20)10(14,15)11(16,17)18/h1-2,5H,3-4H2,(H,19,20). The lowest BCUT2D eigenvalue weighted by Crippen LogP contribution is -2.50. The van der Waals surface area contributed by atoms with Gasteiger partial charge in [0.25, 0.3) is 5.91 Å². The lowest BCUT2D eigenvalue weighted by Gasteiger charge is -2.18. The van der Waals surface area contributed by atoms with Crippen LogP contribution in [0.15, 0.2) is 18.2 Å². The molecule has 1 aromatic carbocycles. The van der Waals surface area contributed by atoms with Crippen molar-refractivity contribution < 1.29 is 26.7 Å². The van der Waals surface area contributed by atoms with Gasteiger partial charge in [0.2, 0.25) is 0 Å². The van der Waals surface area contributed by atoms with Crippen molar-refractivity contribution >= 4 is 29.1 Å². The van der Waals surface area contributed by atoms with Gasteiger partial charge < -0.3 is 5.32 Å². The monoisotopic (exact) mass is 335 g/mol. The number of nitrogens with one attached hydrogen (secondary N) is 1. The van der Waals surface area contributed by atoms with Crippen LogP contribution in [0.5, 0.6) is 0 Å². The highest BCUT2D eigenvalue weighted by molar-refractivity contribution is 6.35. The van der Waals surface area contributed by atoms with Gasteiger partial charge in [-0.25, -0.2) is 0 Å². The molecule has 0 bridgehead atoms.